The van der Waals surface area contributed by atoms with Gasteiger partial charge < -0.3 is 0 Å². The smallest absolute Gasteiger partial charge is 0.261 e. The Balaban J connectivity index is 2.40. The van der Waals surface area contributed by atoms with E-state index in [4.69, 9.17) is 23.2 Å². The summed E-state index contributed by atoms with van der Waals surface area (Å²) in [5.74, 6) is 0. The number of aryl methyl sites for hydroxylation is 2. The van der Waals surface area contributed by atoms with E-state index in [1.54, 1.807) is 30.3 Å². The zero-order valence-corrected chi connectivity index (χ0v) is 13.3. The Morgan fingerprint density at radius 3 is 2.30 bits per heavy atom. The van der Waals surface area contributed by atoms with Crippen molar-refractivity contribution in [2.45, 2.75) is 18.7 Å². The SMILES string of the molecule is Cc1ccc(S(=O)(=O)Nc2cc(Cl)ccc2Cl)cc1C. The van der Waals surface area contributed by atoms with Crippen LogP contribution in [0.5, 0.6) is 0 Å². The molecule has 2 aromatic rings. The van der Waals surface area contributed by atoms with Crippen molar-refractivity contribution in [3.63, 3.8) is 0 Å². The minimum Gasteiger partial charge on any atom is -0.278 e. The van der Waals surface area contributed by atoms with Gasteiger partial charge in [-0.1, -0.05) is 29.3 Å². The Bertz CT molecular complexity index is 758. The summed E-state index contributed by atoms with van der Waals surface area (Å²) in [6.45, 7) is 3.79. The molecule has 0 unspecified atom stereocenters. The first-order chi connectivity index (χ1) is 9.29. The van der Waals surface area contributed by atoms with Crippen molar-refractivity contribution in [3.05, 3.63) is 57.6 Å². The highest BCUT2D eigenvalue weighted by atomic mass is 35.5. The van der Waals surface area contributed by atoms with Crippen molar-refractivity contribution >= 4 is 38.9 Å². The number of hydrogen-bond donors (Lipinski definition) is 1. The molecule has 106 valence electrons. The van der Waals surface area contributed by atoms with Gasteiger partial charge in [-0.2, -0.15) is 0 Å². The third-order valence-corrected chi connectivity index (χ3v) is 4.89. The molecular weight excluding hydrogens is 317 g/mol. The van der Waals surface area contributed by atoms with E-state index >= 15 is 0 Å². The molecule has 6 heteroatoms. The molecule has 0 aliphatic rings. The molecule has 0 aromatic heterocycles. The van der Waals surface area contributed by atoms with Crippen LogP contribution in [0.4, 0.5) is 5.69 Å². The maximum absolute atomic E-state index is 12.3. The van der Waals surface area contributed by atoms with Gasteiger partial charge in [0, 0.05) is 5.02 Å². The largest absolute Gasteiger partial charge is 0.278 e. The number of nitrogens with one attached hydrogen (secondary N) is 1. The zero-order valence-electron chi connectivity index (χ0n) is 10.9. The summed E-state index contributed by atoms with van der Waals surface area (Å²) >= 11 is 11.8. The van der Waals surface area contributed by atoms with Crippen LogP contribution < -0.4 is 4.72 Å². The van der Waals surface area contributed by atoms with Gasteiger partial charge in [-0.3, -0.25) is 4.72 Å². The number of sulfonamides is 1. The van der Waals surface area contributed by atoms with Crippen LogP contribution in [0.1, 0.15) is 11.1 Å². The van der Waals surface area contributed by atoms with E-state index in [-0.39, 0.29) is 10.6 Å². The summed E-state index contributed by atoms with van der Waals surface area (Å²) < 4.78 is 27.1. The monoisotopic (exact) mass is 329 g/mol. The molecule has 3 nitrogen and oxygen atoms in total. The molecule has 1 N–H and O–H groups in total. The molecule has 0 saturated carbocycles. The van der Waals surface area contributed by atoms with Gasteiger partial charge in [-0.25, -0.2) is 8.42 Å². The van der Waals surface area contributed by atoms with E-state index in [0.717, 1.165) is 11.1 Å². The quantitative estimate of drug-likeness (QED) is 0.906. The van der Waals surface area contributed by atoms with Crippen molar-refractivity contribution < 1.29 is 8.42 Å². The van der Waals surface area contributed by atoms with Crippen LogP contribution in [0.15, 0.2) is 41.3 Å². The fourth-order valence-electron chi connectivity index (χ4n) is 1.66. The molecule has 0 aliphatic carbocycles. The molecule has 2 aromatic carbocycles. The number of benzene rings is 2. The first-order valence-electron chi connectivity index (χ1n) is 5.85. The van der Waals surface area contributed by atoms with Crippen LogP contribution in [-0.2, 0) is 10.0 Å². The lowest BCUT2D eigenvalue weighted by Crippen LogP contribution is -2.13. The summed E-state index contributed by atoms with van der Waals surface area (Å²) in [5, 5.41) is 0.703. The molecule has 0 fully saturated rings. The fourth-order valence-corrected chi connectivity index (χ4v) is 3.21. The van der Waals surface area contributed by atoms with Gasteiger partial charge in [0.2, 0.25) is 0 Å². The second-order valence-corrected chi connectivity index (χ2v) is 7.00. The molecule has 0 atom stereocenters. The van der Waals surface area contributed by atoms with Crippen molar-refractivity contribution in [2.75, 3.05) is 4.72 Å². The van der Waals surface area contributed by atoms with Crippen LogP contribution in [0.3, 0.4) is 0 Å². The minimum absolute atomic E-state index is 0.191. The molecule has 0 amide bonds. The Morgan fingerprint density at radius 1 is 0.950 bits per heavy atom. The van der Waals surface area contributed by atoms with Crippen molar-refractivity contribution in [3.8, 4) is 0 Å². The van der Waals surface area contributed by atoms with Crippen molar-refractivity contribution in [1.29, 1.82) is 0 Å². The summed E-state index contributed by atoms with van der Waals surface area (Å²) in [6, 6.07) is 9.56. The van der Waals surface area contributed by atoms with Gasteiger partial charge in [-0.15, -0.1) is 0 Å². The van der Waals surface area contributed by atoms with Crippen LogP contribution in [-0.4, -0.2) is 8.42 Å². The van der Waals surface area contributed by atoms with Crippen molar-refractivity contribution in [1.82, 2.24) is 0 Å². The number of halogens is 2. The maximum atomic E-state index is 12.3. The van der Waals surface area contributed by atoms with E-state index in [0.29, 0.717) is 10.0 Å². The standard InChI is InChI=1S/C14H13Cl2NO2S/c1-9-3-5-12(7-10(9)2)20(18,19)17-14-8-11(15)4-6-13(14)16/h3-8,17H,1-2H3. The zero-order chi connectivity index (χ0) is 14.9. The summed E-state index contributed by atoms with van der Waals surface area (Å²) in [7, 11) is -3.68. The third kappa shape index (κ3) is 3.26. The van der Waals surface area contributed by atoms with Gasteiger partial charge in [0.1, 0.15) is 0 Å². The van der Waals surface area contributed by atoms with E-state index in [9.17, 15) is 8.42 Å². The Morgan fingerprint density at radius 2 is 1.65 bits per heavy atom. The predicted octanol–water partition coefficient (Wildman–Crippen LogP) is 4.41. The molecule has 0 bridgehead atoms. The maximum Gasteiger partial charge on any atom is 0.261 e. The topological polar surface area (TPSA) is 46.2 Å². The summed E-state index contributed by atoms with van der Waals surface area (Å²) in [5.41, 5.74) is 2.20. The molecular formula is C14H13Cl2NO2S. The highest BCUT2D eigenvalue weighted by Crippen LogP contribution is 2.28. The van der Waals surface area contributed by atoms with Crippen LogP contribution in [0.2, 0.25) is 10.0 Å². The van der Waals surface area contributed by atoms with Crippen molar-refractivity contribution in [2.24, 2.45) is 0 Å². The molecule has 0 spiro atoms. The number of anilines is 1. The molecule has 0 saturated heterocycles. The number of hydrogen-bond acceptors (Lipinski definition) is 2. The van der Waals surface area contributed by atoms with Crippen LogP contribution >= 0.6 is 23.2 Å². The Kier molecular flexibility index (Phi) is 4.28. The normalized spacial score (nSPS) is 11.4. The summed E-state index contributed by atoms with van der Waals surface area (Å²) in [6.07, 6.45) is 0. The first kappa shape index (κ1) is 15.2. The summed E-state index contributed by atoms with van der Waals surface area (Å²) in [4.78, 5) is 0.191. The fraction of sp³-hybridized carbons (Fsp3) is 0.143. The van der Waals surface area contributed by atoms with E-state index in [1.807, 2.05) is 13.8 Å². The molecule has 0 heterocycles. The van der Waals surface area contributed by atoms with E-state index in [2.05, 4.69) is 4.72 Å². The molecule has 2 rings (SSSR count). The van der Waals surface area contributed by atoms with Gasteiger partial charge >= 0.3 is 0 Å². The lowest BCUT2D eigenvalue weighted by Gasteiger charge is -2.11. The first-order valence-corrected chi connectivity index (χ1v) is 8.08. The highest BCUT2D eigenvalue weighted by Gasteiger charge is 2.16. The molecule has 0 radical (unpaired) electrons. The lowest BCUT2D eigenvalue weighted by molar-refractivity contribution is 0.601. The van der Waals surface area contributed by atoms with Crippen LogP contribution in [0.25, 0.3) is 0 Å². The molecule has 20 heavy (non-hydrogen) atoms. The third-order valence-electron chi connectivity index (χ3n) is 2.96. The van der Waals surface area contributed by atoms with Gasteiger partial charge in [-0.05, 0) is 55.3 Å². The van der Waals surface area contributed by atoms with E-state index in [1.165, 1.54) is 6.07 Å². The predicted molar refractivity (Wildman–Crippen MR) is 83.2 cm³/mol. The average molecular weight is 330 g/mol. The number of rotatable bonds is 3. The van der Waals surface area contributed by atoms with Gasteiger partial charge in [0.25, 0.3) is 10.0 Å². The Hall–Kier alpha value is -1.23. The second kappa shape index (κ2) is 5.64. The van der Waals surface area contributed by atoms with Crippen LogP contribution in [0, 0.1) is 13.8 Å². The Labute approximate surface area is 128 Å². The van der Waals surface area contributed by atoms with Gasteiger partial charge in [0.15, 0.2) is 0 Å². The second-order valence-electron chi connectivity index (χ2n) is 4.48. The minimum atomic E-state index is -3.68. The van der Waals surface area contributed by atoms with E-state index < -0.39 is 10.0 Å². The van der Waals surface area contributed by atoms with Gasteiger partial charge in [0.05, 0.1) is 15.6 Å². The average Bonchev–Trinajstić information content (AvgIpc) is 2.36. The highest BCUT2D eigenvalue weighted by molar-refractivity contribution is 7.92. The lowest BCUT2D eigenvalue weighted by atomic mass is 10.1. The molecule has 0 aliphatic heterocycles.